The van der Waals surface area contributed by atoms with Gasteiger partial charge in [0, 0.05) is 13.1 Å². The van der Waals surface area contributed by atoms with Crippen molar-refractivity contribution in [1.82, 2.24) is 9.62 Å². The highest BCUT2D eigenvalue weighted by Gasteiger charge is 2.30. The lowest BCUT2D eigenvalue weighted by Crippen LogP contribution is -2.42. The number of nitrogens with zero attached hydrogens (tertiary/aromatic N) is 2. The van der Waals surface area contributed by atoms with Crippen molar-refractivity contribution in [2.75, 3.05) is 26.7 Å². The summed E-state index contributed by atoms with van der Waals surface area (Å²) in [6, 6.07) is 6.18. The van der Waals surface area contributed by atoms with Crippen LogP contribution in [0.15, 0.2) is 23.1 Å². The van der Waals surface area contributed by atoms with E-state index in [2.05, 4.69) is 5.32 Å². The minimum absolute atomic E-state index is 0. The fraction of sp³-hybridized carbons (Fsp3) is 0.500. The Morgan fingerprint density at radius 1 is 1.50 bits per heavy atom. The van der Waals surface area contributed by atoms with Crippen molar-refractivity contribution in [3.8, 4) is 6.07 Å². The third-order valence-corrected chi connectivity index (χ3v) is 5.85. The largest absolute Gasteiger partial charge is 0.319 e. The predicted molar refractivity (Wildman–Crippen MR) is 88.8 cm³/mol. The summed E-state index contributed by atoms with van der Waals surface area (Å²) in [6.07, 6.45) is 1.89. The maximum absolute atomic E-state index is 12.7. The number of benzene rings is 1. The van der Waals surface area contributed by atoms with Crippen LogP contribution in [0.25, 0.3) is 0 Å². The molecule has 0 saturated carbocycles. The summed E-state index contributed by atoms with van der Waals surface area (Å²) >= 11 is 5.94. The summed E-state index contributed by atoms with van der Waals surface area (Å²) < 4.78 is 26.8. The van der Waals surface area contributed by atoms with Gasteiger partial charge in [0.25, 0.3) is 0 Å². The molecule has 22 heavy (non-hydrogen) atoms. The zero-order chi connectivity index (χ0) is 15.5. The molecule has 1 aromatic carbocycles. The number of sulfonamides is 1. The molecular formula is C14H19Cl2N3O2S. The zero-order valence-electron chi connectivity index (χ0n) is 12.3. The molecule has 1 aliphatic rings. The van der Waals surface area contributed by atoms with E-state index in [1.165, 1.54) is 22.5 Å². The molecule has 8 heteroatoms. The molecule has 1 fully saturated rings. The topological polar surface area (TPSA) is 73.2 Å². The van der Waals surface area contributed by atoms with Crippen LogP contribution >= 0.6 is 24.0 Å². The van der Waals surface area contributed by atoms with Crippen LogP contribution in [0.4, 0.5) is 0 Å². The Kier molecular flexibility index (Phi) is 7.10. The van der Waals surface area contributed by atoms with E-state index in [1.54, 1.807) is 0 Å². The van der Waals surface area contributed by atoms with Crippen molar-refractivity contribution in [1.29, 1.82) is 5.26 Å². The minimum Gasteiger partial charge on any atom is -0.319 e. The van der Waals surface area contributed by atoms with Crippen molar-refractivity contribution in [2.24, 2.45) is 5.92 Å². The van der Waals surface area contributed by atoms with E-state index >= 15 is 0 Å². The molecular weight excluding hydrogens is 345 g/mol. The highest BCUT2D eigenvalue weighted by Crippen LogP contribution is 2.26. The lowest BCUT2D eigenvalue weighted by Gasteiger charge is -2.31. The van der Waals surface area contributed by atoms with Gasteiger partial charge in [-0.3, -0.25) is 0 Å². The van der Waals surface area contributed by atoms with Crippen LogP contribution in [0.1, 0.15) is 18.4 Å². The maximum Gasteiger partial charge on any atom is 0.243 e. The van der Waals surface area contributed by atoms with E-state index in [0.717, 1.165) is 19.4 Å². The van der Waals surface area contributed by atoms with E-state index in [-0.39, 0.29) is 27.9 Å². The second kappa shape index (κ2) is 8.14. The zero-order valence-corrected chi connectivity index (χ0v) is 14.6. The standard InChI is InChI=1S/C14H18ClN3O2S.ClH/c1-17-9-11-3-2-6-18(10-11)21(19,20)13-5-4-12(8-16)14(15)7-13;/h4-5,7,11,17H,2-3,6,9-10H2,1H3;1H. The van der Waals surface area contributed by atoms with E-state index in [0.29, 0.717) is 19.0 Å². The average molecular weight is 364 g/mol. The monoisotopic (exact) mass is 363 g/mol. The van der Waals surface area contributed by atoms with Crippen molar-refractivity contribution >= 4 is 34.0 Å². The number of piperidine rings is 1. The van der Waals surface area contributed by atoms with Gasteiger partial charge >= 0.3 is 0 Å². The highest BCUT2D eigenvalue weighted by atomic mass is 35.5. The second-order valence-corrected chi connectivity index (χ2v) is 7.53. The van der Waals surface area contributed by atoms with Gasteiger partial charge in [-0.1, -0.05) is 11.6 Å². The number of hydrogen-bond donors (Lipinski definition) is 1. The molecule has 1 atom stereocenters. The van der Waals surface area contributed by atoms with Gasteiger partial charge in [-0.15, -0.1) is 12.4 Å². The molecule has 0 bridgehead atoms. The fourth-order valence-electron chi connectivity index (χ4n) is 2.60. The third-order valence-electron chi connectivity index (χ3n) is 3.67. The van der Waals surface area contributed by atoms with Crippen molar-refractivity contribution in [2.45, 2.75) is 17.7 Å². The molecule has 0 spiro atoms. The molecule has 1 aliphatic heterocycles. The first-order chi connectivity index (χ1) is 9.98. The van der Waals surface area contributed by atoms with Gasteiger partial charge in [-0.25, -0.2) is 8.42 Å². The van der Waals surface area contributed by atoms with Crippen LogP contribution in [-0.2, 0) is 10.0 Å². The Bertz CT molecular complexity index is 657. The molecule has 1 unspecified atom stereocenters. The first-order valence-electron chi connectivity index (χ1n) is 6.83. The highest BCUT2D eigenvalue weighted by molar-refractivity contribution is 7.89. The number of hydrogen-bond acceptors (Lipinski definition) is 4. The summed E-state index contributed by atoms with van der Waals surface area (Å²) in [4.78, 5) is 0.150. The molecule has 1 heterocycles. The van der Waals surface area contributed by atoms with Crippen LogP contribution < -0.4 is 5.32 Å². The molecule has 0 aliphatic carbocycles. The number of nitrogens with one attached hydrogen (secondary N) is 1. The fourth-order valence-corrected chi connectivity index (χ4v) is 4.47. The summed E-state index contributed by atoms with van der Waals surface area (Å²) in [7, 11) is -1.68. The molecule has 0 aromatic heterocycles. The van der Waals surface area contributed by atoms with E-state index in [4.69, 9.17) is 16.9 Å². The Morgan fingerprint density at radius 2 is 2.23 bits per heavy atom. The van der Waals surface area contributed by atoms with Gasteiger partial charge in [0.2, 0.25) is 10.0 Å². The smallest absolute Gasteiger partial charge is 0.243 e. The first-order valence-corrected chi connectivity index (χ1v) is 8.65. The van der Waals surface area contributed by atoms with Gasteiger partial charge in [0.15, 0.2) is 0 Å². The van der Waals surface area contributed by atoms with Crippen molar-refractivity contribution in [3.05, 3.63) is 28.8 Å². The van der Waals surface area contributed by atoms with Crippen molar-refractivity contribution in [3.63, 3.8) is 0 Å². The Morgan fingerprint density at radius 3 is 2.82 bits per heavy atom. The van der Waals surface area contributed by atoms with Crippen LogP contribution in [0.5, 0.6) is 0 Å². The van der Waals surface area contributed by atoms with Gasteiger partial charge in [-0.2, -0.15) is 9.57 Å². The van der Waals surface area contributed by atoms with Crippen LogP contribution in [0, 0.1) is 17.2 Å². The molecule has 0 radical (unpaired) electrons. The molecule has 2 rings (SSSR count). The summed E-state index contributed by atoms with van der Waals surface area (Å²) in [5, 5.41) is 12.1. The van der Waals surface area contributed by atoms with E-state index in [9.17, 15) is 8.42 Å². The Hall–Kier alpha value is -0.840. The lowest BCUT2D eigenvalue weighted by atomic mass is 10.00. The summed E-state index contributed by atoms with van der Waals surface area (Å²) in [5.74, 6) is 0.326. The van der Waals surface area contributed by atoms with Gasteiger partial charge in [0.1, 0.15) is 6.07 Å². The number of halogens is 2. The van der Waals surface area contributed by atoms with Gasteiger partial charge in [0.05, 0.1) is 15.5 Å². The molecule has 5 nitrogen and oxygen atoms in total. The molecule has 1 N–H and O–H groups in total. The summed E-state index contributed by atoms with van der Waals surface area (Å²) in [6.45, 7) is 1.85. The van der Waals surface area contributed by atoms with Gasteiger partial charge < -0.3 is 5.32 Å². The molecule has 1 saturated heterocycles. The summed E-state index contributed by atoms with van der Waals surface area (Å²) in [5.41, 5.74) is 0.280. The number of nitriles is 1. The van der Waals surface area contributed by atoms with Crippen LogP contribution in [0.3, 0.4) is 0 Å². The second-order valence-electron chi connectivity index (χ2n) is 5.18. The average Bonchev–Trinajstić information content (AvgIpc) is 2.48. The molecule has 0 amide bonds. The first kappa shape index (κ1) is 19.2. The quantitative estimate of drug-likeness (QED) is 0.890. The van der Waals surface area contributed by atoms with Gasteiger partial charge in [-0.05, 0) is 50.6 Å². The van der Waals surface area contributed by atoms with Crippen molar-refractivity contribution < 1.29 is 8.42 Å². The lowest BCUT2D eigenvalue weighted by molar-refractivity contribution is 0.263. The van der Waals surface area contributed by atoms with Crippen LogP contribution in [-0.4, -0.2) is 39.4 Å². The SMILES string of the molecule is CNCC1CCCN(S(=O)(=O)c2ccc(C#N)c(Cl)c2)C1.Cl. The van der Waals surface area contributed by atoms with E-state index in [1.807, 2.05) is 13.1 Å². The maximum atomic E-state index is 12.7. The normalized spacial score (nSPS) is 19.2. The minimum atomic E-state index is -3.55. The predicted octanol–water partition coefficient (Wildman–Crippen LogP) is 2.25. The van der Waals surface area contributed by atoms with E-state index < -0.39 is 10.0 Å². The molecule has 1 aromatic rings. The Balaban J connectivity index is 0.00000242. The third kappa shape index (κ3) is 4.12. The molecule has 122 valence electrons. The number of rotatable bonds is 4. The van der Waals surface area contributed by atoms with Crippen LogP contribution in [0.2, 0.25) is 5.02 Å². The Labute approximate surface area is 142 Å².